The van der Waals surface area contributed by atoms with E-state index >= 15 is 0 Å². The minimum atomic E-state index is -0.0125. The van der Waals surface area contributed by atoms with Crippen LogP contribution in [0.3, 0.4) is 0 Å². The molecule has 5 heteroatoms. The van der Waals surface area contributed by atoms with Gasteiger partial charge in [-0.2, -0.15) is 0 Å². The third-order valence-electron chi connectivity index (χ3n) is 2.46. The fraction of sp³-hybridized carbons (Fsp3) is 0.417. The molecule has 1 rings (SSSR count). The van der Waals surface area contributed by atoms with Crippen molar-refractivity contribution in [3.05, 3.63) is 33.3 Å². The molecular formula is C12H15BrClNO2. The van der Waals surface area contributed by atoms with Crippen LogP contribution in [0.15, 0.2) is 22.7 Å². The Morgan fingerprint density at radius 1 is 1.53 bits per heavy atom. The number of aliphatic hydroxyl groups is 1. The maximum atomic E-state index is 11.9. The number of rotatable bonds is 5. The van der Waals surface area contributed by atoms with Crippen molar-refractivity contribution in [2.45, 2.75) is 13.3 Å². The average Bonchev–Trinajstić information content (AvgIpc) is 2.29. The maximum absolute atomic E-state index is 11.9. The van der Waals surface area contributed by atoms with Crippen molar-refractivity contribution in [1.82, 2.24) is 4.90 Å². The molecule has 0 aromatic heterocycles. The minimum absolute atomic E-state index is 0.00423. The standard InChI is InChI=1S/C12H15BrClNO2/c1-2-15(5-6-16)12(17)7-9-3-4-10(14)8-11(9)13/h3-4,8,16H,2,5-7H2,1H3. The first-order valence-electron chi connectivity index (χ1n) is 5.41. The van der Waals surface area contributed by atoms with Crippen molar-refractivity contribution in [2.24, 2.45) is 0 Å². The lowest BCUT2D eigenvalue weighted by atomic mass is 10.1. The number of amides is 1. The van der Waals surface area contributed by atoms with Gasteiger partial charge in [-0.15, -0.1) is 0 Å². The third kappa shape index (κ3) is 4.30. The molecule has 94 valence electrons. The highest BCUT2D eigenvalue weighted by Gasteiger charge is 2.13. The van der Waals surface area contributed by atoms with E-state index in [-0.39, 0.29) is 12.5 Å². The molecule has 0 aliphatic carbocycles. The van der Waals surface area contributed by atoms with Crippen molar-refractivity contribution in [1.29, 1.82) is 0 Å². The second-order valence-electron chi connectivity index (χ2n) is 3.61. The van der Waals surface area contributed by atoms with Gasteiger partial charge < -0.3 is 10.0 Å². The van der Waals surface area contributed by atoms with Gasteiger partial charge in [-0.1, -0.05) is 33.6 Å². The number of aliphatic hydroxyl groups excluding tert-OH is 1. The molecule has 0 aliphatic rings. The van der Waals surface area contributed by atoms with Crippen molar-refractivity contribution in [3.63, 3.8) is 0 Å². The molecule has 1 aromatic rings. The number of hydrogen-bond donors (Lipinski definition) is 1. The first-order chi connectivity index (χ1) is 8.08. The molecule has 1 aromatic carbocycles. The zero-order chi connectivity index (χ0) is 12.8. The largest absolute Gasteiger partial charge is 0.395 e. The molecule has 0 saturated heterocycles. The Morgan fingerprint density at radius 3 is 2.76 bits per heavy atom. The lowest BCUT2D eigenvalue weighted by Gasteiger charge is -2.20. The summed E-state index contributed by atoms with van der Waals surface area (Å²) in [5, 5.41) is 9.49. The number of benzene rings is 1. The lowest BCUT2D eigenvalue weighted by Crippen LogP contribution is -2.34. The normalized spacial score (nSPS) is 10.4. The highest BCUT2D eigenvalue weighted by Crippen LogP contribution is 2.22. The van der Waals surface area contributed by atoms with E-state index in [1.165, 1.54) is 0 Å². The first kappa shape index (κ1) is 14.5. The summed E-state index contributed by atoms with van der Waals surface area (Å²) in [6.45, 7) is 2.86. The van der Waals surface area contributed by atoms with Crippen LogP contribution in [-0.4, -0.2) is 35.6 Å². The van der Waals surface area contributed by atoms with Crippen LogP contribution in [0.25, 0.3) is 0 Å². The van der Waals surface area contributed by atoms with Gasteiger partial charge in [-0.25, -0.2) is 0 Å². The van der Waals surface area contributed by atoms with Crippen LogP contribution in [0.2, 0.25) is 5.02 Å². The van der Waals surface area contributed by atoms with Gasteiger partial charge in [0.15, 0.2) is 0 Å². The molecular weight excluding hydrogens is 305 g/mol. The van der Waals surface area contributed by atoms with Crippen LogP contribution in [-0.2, 0) is 11.2 Å². The Balaban J connectivity index is 2.73. The molecule has 0 atom stereocenters. The van der Waals surface area contributed by atoms with Crippen molar-refractivity contribution in [3.8, 4) is 0 Å². The fourth-order valence-electron chi connectivity index (χ4n) is 1.52. The van der Waals surface area contributed by atoms with E-state index in [0.717, 1.165) is 10.0 Å². The molecule has 0 aliphatic heterocycles. The van der Waals surface area contributed by atoms with Gasteiger partial charge in [0.2, 0.25) is 5.91 Å². The predicted octanol–water partition coefficient (Wildman–Crippen LogP) is 2.49. The van der Waals surface area contributed by atoms with E-state index in [9.17, 15) is 4.79 Å². The first-order valence-corrected chi connectivity index (χ1v) is 6.58. The van der Waals surface area contributed by atoms with E-state index in [2.05, 4.69) is 15.9 Å². The summed E-state index contributed by atoms with van der Waals surface area (Å²) in [7, 11) is 0. The van der Waals surface area contributed by atoms with E-state index < -0.39 is 0 Å². The molecule has 0 heterocycles. The summed E-state index contributed by atoms with van der Waals surface area (Å²) in [5.41, 5.74) is 0.899. The van der Waals surface area contributed by atoms with Gasteiger partial charge >= 0.3 is 0 Å². The van der Waals surface area contributed by atoms with E-state index in [1.54, 1.807) is 17.0 Å². The average molecular weight is 321 g/mol. The molecule has 0 radical (unpaired) electrons. The van der Waals surface area contributed by atoms with Gasteiger partial charge in [-0.05, 0) is 24.6 Å². The van der Waals surface area contributed by atoms with Crippen LogP contribution >= 0.6 is 27.5 Å². The molecule has 0 fully saturated rings. The highest BCUT2D eigenvalue weighted by molar-refractivity contribution is 9.10. The Hall–Kier alpha value is -0.580. The number of carbonyl (C=O) groups excluding carboxylic acids is 1. The third-order valence-corrected chi connectivity index (χ3v) is 3.43. The zero-order valence-corrected chi connectivity index (χ0v) is 12.0. The highest BCUT2D eigenvalue weighted by atomic mass is 79.9. The predicted molar refractivity (Wildman–Crippen MR) is 72.2 cm³/mol. The number of likely N-dealkylation sites (N-methyl/N-ethyl adjacent to an activating group) is 1. The van der Waals surface area contributed by atoms with Gasteiger partial charge in [0.1, 0.15) is 0 Å². The Bertz CT molecular complexity index is 398. The topological polar surface area (TPSA) is 40.5 Å². The van der Waals surface area contributed by atoms with Crippen molar-refractivity contribution >= 4 is 33.4 Å². The molecule has 0 spiro atoms. The van der Waals surface area contributed by atoms with E-state index in [1.807, 2.05) is 13.0 Å². The second-order valence-corrected chi connectivity index (χ2v) is 4.90. The number of carbonyl (C=O) groups is 1. The second kappa shape index (κ2) is 6.99. The minimum Gasteiger partial charge on any atom is -0.395 e. The molecule has 0 saturated carbocycles. The lowest BCUT2D eigenvalue weighted by molar-refractivity contribution is -0.130. The molecule has 17 heavy (non-hydrogen) atoms. The van der Waals surface area contributed by atoms with Crippen LogP contribution in [0, 0.1) is 0 Å². The van der Waals surface area contributed by atoms with Crippen molar-refractivity contribution < 1.29 is 9.90 Å². The summed E-state index contributed by atoms with van der Waals surface area (Å²) < 4.78 is 0.832. The van der Waals surface area contributed by atoms with Crippen LogP contribution in [0.1, 0.15) is 12.5 Å². The van der Waals surface area contributed by atoms with Crippen molar-refractivity contribution in [2.75, 3.05) is 19.7 Å². The molecule has 1 N–H and O–H groups in total. The van der Waals surface area contributed by atoms with E-state index in [0.29, 0.717) is 24.5 Å². The Labute approximate surface area is 115 Å². The number of halogens is 2. The number of hydrogen-bond acceptors (Lipinski definition) is 2. The summed E-state index contributed by atoms with van der Waals surface area (Å²) in [5.74, 6) is 0.00423. The molecule has 3 nitrogen and oxygen atoms in total. The number of nitrogens with zero attached hydrogens (tertiary/aromatic N) is 1. The van der Waals surface area contributed by atoms with Gasteiger partial charge in [0, 0.05) is 22.6 Å². The monoisotopic (exact) mass is 319 g/mol. The summed E-state index contributed by atoms with van der Waals surface area (Å²) in [6, 6.07) is 5.36. The summed E-state index contributed by atoms with van der Waals surface area (Å²) in [6.07, 6.45) is 0.311. The molecule has 1 amide bonds. The Kier molecular flexibility index (Phi) is 5.95. The van der Waals surface area contributed by atoms with Gasteiger partial charge in [-0.3, -0.25) is 4.79 Å². The quantitative estimate of drug-likeness (QED) is 0.905. The summed E-state index contributed by atoms with van der Waals surface area (Å²) in [4.78, 5) is 13.6. The Morgan fingerprint density at radius 2 is 2.24 bits per heavy atom. The van der Waals surface area contributed by atoms with Crippen LogP contribution < -0.4 is 0 Å². The summed E-state index contributed by atoms with van der Waals surface area (Å²) >= 11 is 9.22. The molecule has 0 bridgehead atoms. The van der Waals surface area contributed by atoms with Gasteiger partial charge in [0.05, 0.1) is 13.0 Å². The van der Waals surface area contributed by atoms with Gasteiger partial charge in [0.25, 0.3) is 0 Å². The fourth-order valence-corrected chi connectivity index (χ4v) is 2.34. The molecule has 0 unspecified atom stereocenters. The van der Waals surface area contributed by atoms with E-state index in [4.69, 9.17) is 16.7 Å². The van der Waals surface area contributed by atoms with Crippen LogP contribution in [0.4, 0.5) is 0 Å². The SMILES string of the molecule is CCN(CCO)C(=O)Cc1ccc(Cl)cc1Br. The smallest absolute Gasteiger partial charge is 0.227 e. The van der Waals surface area contributed by atoms with Crippen LogP contribution in [0.5, 0.6) is 0 Å². The maximum Gasteiger partial charge on any atom is 0.227 e. The zero-order valence-electron chi connectivity index (χ0n) is 9.62.